The topological polar surface area (TPSA) is 68.9 Å². The highest BCUT2D eigenvalue weighted by Gasteiger charge is 2.45. The van der Waals surface area contributed by atoms with Crippen LogP contribution in [0.1, 0.15) is 44.7 Å². The molecule has 1 amide bonds. The lowest BCUT2D eigenvalue weighted by Gasteiger charge is -2.22. The van der Waals surface area contributed by atoms with Crippen LogP contribution in [0, 0.1) is 0 Å². The Hall–Kier alpha value is -2.37. The zero-order valence-corrected chi connectivity index (χ0v) is 14.7. The molecule has 0 atom stereocenters. The third kappa shape index (κ3) is 3.13. The van der Waals surface area contributed by atoms with Crippen molar-refractivity contribution in [1.82, 2.24) is 19.7 Å². The summed E-state index contributed by atoms with van der Waals surface area (Å²) >= 11 is 0. The maximum atomic E-state index is 12.3. The van der Waals surface area contributed by atoms with Crippen LogP contribution in [0.3, 0.4) is 0 Å². The van der Waals surface area contributed by atoms with E-state index in [2.05, 4.69) is 55.5 Å². The lowest BCUT2D eigenvalue weighted by atomic mass is 9.86. The van der Waals surface area contributed by atoms with Crippen molar-refractivity contribution in [2.24, 2.45) is 7.05 Å². The molecule has 128 valence electrons. The van der Waals surface area contributed by atoms with Gasteiger partial charge in [0.1, 0.15) is 12.9 Å². The highest BCUT2D eigenvalue weighted by atomic mass is 16.2. The molecule has 0 radical (unpaired) electrons. The number of carbonyl (C=O) groups excluding carboxylic acids is 1. The van der Waals surface area contributed by atoms with Gasteiger partial charge < -0.3 is 5.32 Å². The molecule has 0 unspecified atom stereocenters. The van der Waals surface area contributed by atoms with Gasteiger partial charge in [0.25, 0.3) is 0 Å². The van der Waals surface area contributed by atoms with Crippen molar-refractivity contribution in [1.29, 1.82) is 0 Å². The standard InChI is InChI=1S/C18H24N4O2/c1-17(2,3)13-5-7-14(8-6-13)18(9-10-18)20-15(23)11-22-16(24)21(4)12-19-22/h5-8,12H,9-11H2,1-4H3,(H,20,23). The minimum atomic E-state index is -0.287. The van der Waals surface area contributed by atoms with Crippen molar-refractivity contribution in [2.75, 3.05) is 0 Å². The number of nitrogens with one attached hydrogen (secondary N) is 1. The Balaban J connectivity index is 1.71. The number of hydrogen-bond donors (Lipinski definition) is 1. The van der Waals surface area contributed by atoms with Crippen molar-refractivity contribution in [3.63, 3.8) is 0 Å². The van der Waals surface area contributed by atoms with Gasteiger partial charge in [0, 0.05) is 7.05 Å². The number of aromatic nitrogens is 3. The van der Waals surface area contributed by atoms with Crippen LogP contribution in [0.5, 0.6) is 0 Å². The Bertz CT molecular complexity index is 805. The molecule has 0 aliphatic heterocycles. The van der Waals surface area contributed by atoms with Crippen LogP contribution in [0.15, 0.2) is 35.4 Å². The van der Waals surface area contributed by atoms with Gasteiger partial charge in [0.2, 0.25) is 5.91 Å². The van der Waals surface area contributed by atoms with Crippen molar-refractivity contribution in [2.45, 2.75) is 51.1 Å². The second-order valence-corrected chi connectivity index (χ2v) is 7.64. The van der Waals surface area contributed by atoms with E-state index < -0.39 is 0 Å². The molecule has 1 aromatic carbocycles. The van der Waals surface area contributed by atoms with Crippen LogP contribution in [0.4, 0.5) is 0 Å². The van der Waals surface area contributed by atoms with Gasteiger partial charge in [-0.3, -0.25) is 9.36 Å². The van der Waals surface area contributed by atoms with E-state index in [-0.39, 0.29) is 29.1 Å². The van der Waals surface area contributed by atoms with Crippen molar-refractivity contribution in [3.05, 3.63) is 52.2 Å². The lowest BCUT2D eigenvalue weighted by Crippen LogP contribution is -2.39. The molecule has 0 spiro atoms. The van der Waals surface area contributed by atoms with Gasteiger partial charge in [-0.1, -0.05) is 45.0 Å². The highest BCUT2D eigenvalue weighted by Crippen LogP contribution is 2.45. The summed E-state index contributed by atoms with van der Waals surface area (Å²) in [4.78, 5) is 24.1. The van der Waals surface area contributed by atoms with E-state index in [4.69, 9.17) is 0 Å². The molecule has 6 heteroatoms. The van der Waals surface area contributed by atoms with Gasteiger partial charge in [-0.05, 0) is 29.4 Å². The number of aryl methyl sites for hydroxylation is 1. The molecular formula is C18H24N4O2. The molecule has 1 N–H and O–H groups in total. The summed E-state index contributed by atoms with van der Waals surface area (Å²) < 4.78 is 2.53. The maximum absolute atomic E-state index is 12.3. The Morgan fingerprint density at radius 2 is 1.88 bits per heavy atom. The summed E-state index contributed by atoms with van der Waals surface area (Å²) in [6, 6.07) is 8.46. The van der Waals surface area contributed by atoms with Crippen LogP contribution in [-0.2, 0) is 29.3 Å². The van der Waals surface area contributed by atoms with E-state index >= 15 is 0 Å². The van der Waals surface area contributed by atoms with E-state index in [1.165, 1.54) is 21.1 Å². The Kier molecular flexibility index (Phi) is 3.86. The van der Waals surface area contributed by atoms with Gasteiger partial charge in [-0.15, -0.1) is 0 Å². The van der Waals surface area contributed by atoms with Crippen LogP contribution >= 0.6 is 0 Å². The number of hydrogen-bond acceptors (Lipinski definition) is 3. The van der Waals surface area contributed by atoms with Crippen LogP contribution < -0.4 is 11.0 Å². The molecular weight excluding hydrogens is 304 g/mol. The van der Waals surface area contributed by atoms with Crippen molar-refractivity contribution >= 4 is 5.91 Å². The second kappa shape index (κ2) is 5.61. The molecule has 1 aliphatic rings. The summed E-state index contributed by atoms with van der Waals surface area (Å²) in [6.45, 7) is 6.49. The first-order valence-corrected chi connectivity index (χ1v) is 8.22. The second-order valence-electron chi connectivity index (χ2n) is 7.64. The van der Waals surface area contributed by atoms with Gasteiger partial charge >= 0.3 is 5.69 Å². The first kappa shape index (κ1) is 16.5. The van der Waals surface area contributed by atoms with E-state index in [1.807, 2.05) is 0 Å². The summed E-state index contributed by atoms with van der Waals surface area (Å²) in [5.41, 5.74) is 1.93. The van der Waals surface area contributed by atoms with Gasteiger partial charge in [-0.2, -0.15) is 5.10 Å². The fourth-order valence-electron chi connectivity index (χ4n) is 2.87. The largest absolute Gasteiger partial charge is 0.345 e. The fourth-order valence-corrected chi connectivity index (χ4v) is 2.87. The summed E-state index contributed by atoms with van der Waals surface area (Å²) in [7, 11) is 1.61. The average molecular weight is 328 g/mol. The van der Waals surface area contributed by atoms with Gasteiger partial charge in [0.15, 0.2) is 0 Å². The first-order valence-electron chi connectivity index (χ1n) is 8.22. The van der Waals surface area contributed by atoms with Gasteiger partial charge in [0.05, 0.1) is 5.54 Å². The molecule has 0 bridgehead atoms. The SMILES string of the molecule is Cn1cnn(CC(=O)NC2(c3ccc(C(C)(C)C)cc3)CC2)c1=O. The normalized spacial score (nSPS) is 16.0. The molecule has 3 rings (SSSR count). The molecule has 1 aromatic heterocycles. The molecule has 1 aliphatic carbocycles. The first-order chi connectivity index (χ1) is 11.2. The minimum absolute atomic E-state index is 0.0541. The van der Waals surface area contributed by atoms with E-state index in [9.17, 15) is 9.59 Å². The molecule has 2 aromatic rings. The zero-order chi connectivity index (χ0) is 17.5. The van der Waals surface area contributed by atoms with Gasteiger partial charge in [-0.25, -0.2) is 9.48 Å². The summed E-state index contributed by atoms with van der Waals surface area (Å²) in [6.07, 6.45) is 3.25. The minimum Gasteiger partial charge on any atom is -0.345 e. The fraction of sp³-hybridized carbons (Fsp3) is 0.500. The molecule has 0 saturated heterocycles. The number of amides is 1. The number of carbonyl (C=O) groups is 1. The maximum Gasteiger partial charge on any atom is 0.345 e. The van der Waals surface area contributed by atoms with Crippen molar-refractivity contribution < 1.29 is 4.79 Å². The monoisotopic (exact) mass is 328 g/mol. The van der Waals surface area contributed by atoms with Crippen LogP contribution in [0.25, 0.3) is 0 Å². The van der Waals surface area contributed by atoms with E-state index in [1.54, 1.807) is 7.05 Å². The predicted octanol–water partition coefficient (Wildman–Crippen LogP) is 1.68. The Morgan fingerprint density at radius 1 is 1.25 bits per heavy atom. The third-order valence-electron chi connectivity index (χ3n) is 4.61. The summed E-state index contributed by atoms with van der Waals surface area (Å²) in [5.74, 6) is -0.187. The smallest absolute Gasteiger partial charge is 0.345 e. The molecule has 6 nitrogen and oxygen atoms in total. The Labute approximate surface area is 141 Å². The molecule has 1 heterocycles. The molecule has 1 saturated carbocycles. The Morgan fingerprint density at radius 3 is 2.33 bits per heavy atom. The molecule has 24 heavy (non-hydrogen) atoms. The quantitative estimate of drug-likeness (QED) is 0.928. The van der Waals surface area contributed by atoms with E-state index in [0.29, 0.717) is 0 Å². The molecule has 1 fully saturated rings. The van der Waals surface area contributed by atoms with Crippen LogP contribution in [0.2, 0.25) is 0 Å². The highest BCUT2D eigenvalue weighted by molar-refractivity contribution is 5.77. The van der Waals surface area contributed by atoms with Crippen molar-refractivity contribution in [3.8, 4) is 0 Å². The lowest BCUT2D eigenvalue weighted by molar-refractivity contribution is -0.123. The zero-order valence-electron chi connectivity index (χ0n) is 14.7. The van der Waals surface area contributed by atoms with E-state index in [0.717, 1.165) is 18.4 Å². The number of benzene rings is 1. The third-order valence-corrected chi connectivity index (χ3v) is 4.61. The van der Waals surface area contributed by atoms with Crippen LogP contribution in [-0.4, -0.2) is 20.3 Å². The summed E-state index contributed by atoms with van der Waals surface area (Å²) in [5, 5.41) is 7.00. The predicted molar refractivity (Wildman–Crippen MR) is 91.7 cm³/mol. The number of rotatable bonds is 4. The number of nitrogens with zero attached hydrogens (tertiary/aromatic N) is 3. The average Bonchev–Trinajstić information content (AvgIpc) is 3.23.